The molecule has 7 rings (SSSR count). The maximum Gasteiger partial charge on any atom is 0.311 e. The van der Waals surface area contributed by atoms with Crippen LogP contribution in [0.2, 0.25) is 0 Å². The van der Waals surface area contributed by atoms with E-state index in [1.165, 1.54) is 7.11 Å². The van der Waals surface area contributed by atoms with E-state index in [0.29, 0.717) is 19.4 Å². The molecular weight excluding hydrogens is 344 g/mol. The van der Waals surface area contributed by atoms with Gasteiger partial charge in [-0.15, -0.1) is 0 Å². The number of carbonyl (C=O) groups excluding carboxylic acids is 3. The summed E-state index contributed by atoms with van der Waals surface area (Å²) in [6.07, 6.45) is 4.18. The molecule has 5 fully saturated rings. The quantitative estimate of drug-likeness (QED) is 0.604. The second-order valence-corrected chi connectivity index (χ2v) is 8.93. The Hall–Kier alpha value is -2.37. The Labute approximate surface area is 157 Å². The molecule has 0 radical (unpaired) electrons. The molecule has 1 amide bonds. The molecule has 1 aromatic rings. The summed E-state index contributed by atoms with van der Waals surface area (Å²) in [4.78, 5) is 41.6. The van der Waals surface area contributed by atoms with E-state index >= 15 is 0 Å². The van der Waals surface area contributed by atoms with Crippen molar-refractivity contribution in [1.82, 2.24) is 4.90 Å². The van der Waals surface area contributed by atoms with Crippen LogP contribution < -0.4 is 5.32 Å². The predicted octanol–water partition coefficient (Wildman–Crippen LogP) is 1.64. The molecule has 5 unspecified atom stereocenters. The van der Waals surface area contributed by atoms with Crippen molar-refractivity contribution in [1.29, 1.82) is 0 Å². The summed E-state index contributed by atoms with van der Waals surface area (Å²) in [5.74, 6) is -1.38. The number of hydrogen-bond donors (Lipinski definition) is 1. The van der Waals surface area contributed by atoms with E-state index in [1.54, 1.807) is 0 Å². The molecule has 140 valence electrons. The third-order valence-corrected chi connectivity index (χ3v) is 8.31. The van der Waals surface area contributed by atoms with Crippen LogP contribution >= 0.6 is 0 Å². The highest BCUT2D eigenvalue weighted by Crippen LogP contribution is 2.73. The van der Waals surface area contributed by atoms with Gasteiger partial charge in [0.15, 0.2) is 0 Å². The minimum absolute atomic E-state index is 0.149. The molecule has 2 bridgehead atoms. The standard InChI is InChI=1S/C21H22N2O4/c1-27-17(26)13-11-19-7-4-10-23-16(25)15(24)21(18(19)23)12-5-2-3-6-14(12)22-20(13,21)9-8-19/h2-3,5-6,13,18,22H,4,7-11H2,1H3. The molecule has 6 heteroatoms. The number of rotatable bonds is 1. The molecule has 3 heterocycles. The Kier molecular flexibility index (Phi) is 2.63. The Morgan fingerprint density at radius 1 is 1.22 bits per heavy atom. The lowest BCUT2D eigenvalue weighted by Gasteiger charge is -2.67. The van der Waals surface area contributed by atoms with Crippen LogP contribution in [0.4, 0.5) is 5.69 Å². The highest BCUT2D eigenvalue weighted by Gasteiger charge is 2.84. The maximum atomic E-state index is 13.7. The summed E-state index contributed by atoms with van der Waals surface area (Å²) in [5, 5.41) is 3.60. The Morgan fingerprint density at radius 2 is 2.04 bits per heavy atom. The largest absolute Gasteiger partial charge is 0.469 e. The van der Waals surface area contributed by atoms with Gasteiger partial charge in [0, 0.05) is 12.2 Å². The molecule has 0 aromatic heterocycles. The van der Waals surface area contributed by atoms with Crippen LogP contribution in [0.5, 0.6) is 0 Å². The van der Waals surface area contributed by atoms with E-state index in [1.807, 2.05) is 29.2 Å². The lowest BCUT2D eigenvalue weighted by molar-refractivity contribution is -0.173. The second-order valence-electron chi connectivity index (χ2n) is 8.93. The monoisotopic (exact) mass is 366 g/mol. The first kappa shape index (κ1) is 15.7. The van der Waals surface area contributed by atoms with Gasteiger partial charge in [-0.3, -0.25) is 14.4 Å². The van der Waals surface area contributed by atoms with Gasteiger partial charge in [0.25, 0.3) is 5.91 Å². The number of para-hydroxylation sites is 1. The number of fused-ring (bicyclic) bond motifs is 3. The van der Waals surface area contributed by atoms with E-state index in [2.05, 4.69) is 5.32 Å². The average molecular weight is 366 g/mol. The van der Waals surface area contributed by atoms with Crippen molar-refractivity contribution in [3.05, 3.63) is 29.8 Å². The molecule has 3 spiro atoms. The number of carbonyl (C=O) groups is 3. The fourth-order valence-electron chi connectivity index (χ4n) is 7.59. The average Bonchev–Trinajstić information content (AvgIpc) is 3.14. The van der Waals surface area contributed by atoms with Crippen molar-refractivity contribution in [2.75, 3.05) is 19.0 Å². The van der Waals surface area contributed by atoms with Gasteiger partial charge in [-0.2, -0.15) is 0 Å². The maximum absolute atomic E-state index is 13.7. The number of anilines is 1. The smallest absolute Gasteiger partial charge is 0.311 e. The summed E-state index contributed by atoms with van der Waals surface area (Å²) in [7, 11) is 1.42. The van der Waals surface area contributed by atoms with Gasteiger partial charge in [0.2, 0.25) is 5.78 Å². The molecule has 1 aromatic carbocycles. The zero-order valence-corrected chi connectivity index (χ0v) is 15.3. The van der Waals surface area contributed by atoms with E-state index in [9.17, 15) is 14.4 Å². The zero-order valence-electron chi connectivity index (χ0n) is 15.3. The van der Waals surface area contributed by atoms with Gasteiger partial charge >= 0.3 is 5.97 Å². The third-order valence-electron chi connectivity index (χ3n) is 8.31. The summed E-state index contributed by atoms with van der Waals surface area (Å²) >= 11 is 0. The lowest BCUT2D eigenvalue weighted by Crippen LogP contribution is -2.78. The highest BCUT2D eigenvalue weighted by atomic mass is 16.5. The number of nitrogens with one attached hydrogen (secondary N) is 1. The number of benzene rings is 1. The number of amides is 1. The van der Waals surface area contributed by atoms with Crippen molar-refractivity contribution in [3.63, 3.8) is 0 Å². The van der Waals surface area contributed by atoms with Crippen LogP contribution in [0.25, 0.3) is 0 Å². The number of ketones is 1. The number of ether oxygens (including phenoxy) is 1. The van der Waals surface area contributed by atoms with Crippen molar-refractivity contribution in [2.45, 2.75) is 49.1 Å². The summed E-state index contributed by atoms with van der Waals surface area (Å²) in [5.41, 5.74) is -0.140. The Morgan fingerprint density at radius 3 is 2.85 bits per heavy atom. The summed E-state index contributed by atoms with van der Waals surface area (Å²) < 4.78 is 5.20. The van der Waals surface area contributed by atoms with Gasteiger partial charge in [-0.05, 0) is 49.1 Å². The minimum atomic E-state index is -0.976. The van der Waals surface area contributed by atoms with Gasteiger partial charge < -0.3 is 15.0 Å². The predicted molar refractivity (Wildman–Crippen MR) is 96.0 cm³/mol. The van der Waals surface area contributed by atoms with Crippen LogP contribution in [-0.4, -0.2) is 47.8 Å². The van der Waals surface area contributed by atoms with Crippen LogP contribution in [0.3, 0.4) is 0 Å². The lowest BCUT2D eigenvalue weighted by atomic mass is 9.38. The second kappa shape index (κ2) is 4.54. The van der Waals surface area contributed by atoms with Crippen molar-refractivity contribution in [2.24, 2.45) is 11.3 Å². The zero-order chi connectivity index (χ0) is 18.6. The number of Topliss-reactive ketones (excluding diaryl/α,β-unsaturated/α-hetero) is 1. The third kappa shape index (κ3) is 1.38. The molecule has 6 aliphatic rings. The van der Waals surface area contributed by atoms with Gasteiger partial charge in [-0.1, -0.05) is 18.2 Å². The first-order valence-electron chi connectivity index (χ1n) is 9.83. The first-order valence-corrected chi connectivity index (χ1v) is 9.83. The Balaban J connectivity index is 1.72. The molecule has 3 saturated carbocycles. The van der Waals surface area contributed by atoms with Crippen molar-refractivity contribution < 1.29 is 19.1 Å². The molecule has 3 aliphatic carbocycles. The minimum Gasteiger partial charge on any atom is -0.469 e. The van der Waals surface area contributed by atoms with Crippen molar-refractivity contribution >= 4 is 23.3 Å². The van der Waals surface area contributed by atoms with Crippen LogP contribution in [0.1, 0.15) is 37.7 Å². The topological polar surface area (TPSA) is 75.7 Å². The fraction of sp³-hybridized carbons (Fsp3) is 0.571. The van der Waals surface area contributed by atoms with Crippen LogP contribution in [-0.2, 0) is 24.5 Å². The molecule has 3 aliphatic heterocycles. The van der Waals surface area contributed by atoms with E-state index < -0.39 is 16.9 Å². The summed E-state index contributed by atoms with van der Waals surface area (Å²) in [6, 6.07) is 7.66. The SMILES string of the molecule is COC(=O)C1CC23CCCN4C(=O)C(=O)C5(c6ccccc6NC15CC2)C43. The van der Waals surface area contributed by atoms with Gasteiger partial charge in [-0.25, -0.2) is 0 Å². The number of esters is 1. The van der Waals surface area contributed by atoms with Crippen LogP contribution in [0.15, 0.2) is 24.3 Å². The summed E-state index contributed by atoms with van der Waals surface area (Å²) in [6.45, 7) is 0.639. The van der Waals surface area contributed by atoms with Gasteiger partial charge in [0.1, 0.15) is 5.41 Å². The number of nitrogens with zero attached hydrogens (tertiary/aromatic N) is 1. The first-order chi connectivity index (χ1) is 13.0. The van der Waals surface area contributed by atoms with E-state index in [4.69, 9.17) is 4.74 Å². The van der Waals surface area contributed by atoms with Crippen LogP contribution in [0, 0.1) is 11.3 Å². The molecule has 27 heavy (non-hydrogen) atoms. The van der Waals surface area contributed by atoms with E-state index in [0.717, 1.165) is 30.5 Å². The molecule has 6 nitrogen and oxygen atoms in total. The molecule has 5 atom stereocenters. The number of hydrogen-bond acceptors (Lipinski definition) is 5. The normalized spacial score (nSPS) is 43.1. The Bertz CT molecular complexity index is 929. The number of methoxy groups -OCH3 is 1. The number of piperidine rings is 1. The molecule has 2 saturated heterocycles. The van der Waals surface area contributed by atoms with Crippen molar-refractivity contribution in [3.8, 4) is 0 Å². The van der Waals surface area contributed by atoms with Gasteiger partial charge in [0.05, 0.1) is 24.6 Å². The fourth-order valence-corrected chi connectivity index (χ4v) is 7.59. The highest BCUT2D eigenvalue weighted by molar-refractivity contribution is 6.43. The van der Waals surface area contributed by atoms with E-state index in [-0.39, 0.29) is 29.1 Å². The molecule has 1 N–H and O–H groups in total. The molecular formula is C21H22N2O4.